The maximum Gasteiger partial charge on any atom is 0.258 e. The fourth-order valence-electron chi connectivity index (χ4n) is 2.19. The standard InChI is InChI=1S/C17H14F2N2O/c1-3-12-7-13(18)8-16(10(12)2)21-17(22)14-5-4-11(9-20)6-15(14)19/h4-8H,3H2,1-2H3,(H,21,22). The summed E-state index contributed by atoms with van der Waals surface area (Å²) in [6.45, 7) is 3.65. The lowest BCUT2D eigenvalue weighted by Gasteiger charge is -2.12. The topological polar surface area (TPSA) is 52.9 Å². The Kier molecular flexibility index (Phi) is 4.52. The molecular formula is C17H14F2N2O. The fourth-order valence-corrected chi connectivity index (χ4v) is 2.19. The summed E-state index contributed by atoms with van der Waals surface area (Å²) in [5.74, 6) is -1.93. The first-order valence-electron chi connectivity index (χ1n) is 6.76. The first kappa shape index (κ1) is 15.6. The van der Waals surface area contributed by atoms with Gasteiger partial charge >= 0.3 is 0 Å². The van der Waals surface area contributed by atoms with Gasteiger partial charge < -0.3 is 5.32 Å². The Morgan fingerprint density at radius 2 is 2.00 bits per heavy atom. The molecule has 2 aromatic carbocycles. The Hall–Kier alpha value is -2.74. The predicted molar refractivity (Wildman–Crippen MR) is 79.6 cm³/mol. The van der Waals surface area contributed by atoms with Gasteiger partial charge in [-0.25, -0.2) is 8.78 Å². The maximum atomic E-state index is 13.8. The number of nitriles is 1. The van der Waals surface area contributed by atoms with Gasteiger partial charge in [0, 0.05) is 5.69 Å². The van der Waals surface area contributed by atoms with Gasteiger partial charge in [0.15, 0.2) is 0 Å². The van der Waals surface area contributed by atoms with E-state index in [2.05, 4.69) is 5.32 Å². The van der Waals surface area contributed by atoms with Crippen molar-refractivity contribution >= 4 is 11.6 Å². The third-order valence-corrected chi connectivity index (χ3v) is 3.45. The second kappa shape index (κ2) is 6.35. The Morgan fingerprint density at radius 1 is 1.27 bits per heavy atom. The lowest BCUT2D eigenvalue weighted by molar-refractivity contribution is 0.102. The number of amides is 1. The zero-order valence-electron chi connectivity index (χ0n) is 12.2. The molecule has 0 aliphatic heterocycles. The Labute approximate surface area is 127 Å². The third kappa shape index (κ3) is 3.12. The second-order valence-corrected chi connectivity index (χ2v) is 4.85. The third-order valence-electron chi connectivity index (χ3n) is 3.45. The highest BCUT2D eigenvalue weighted by Crippen LogP contribution is 2.23. The van der Waals surface area contributed by atoms with Gasteiger partial charge in [-0.15, -0.1) is 0 Å². The van der Waals surface area contributed by atoms with E-state index in [1.165, 1.54) is 24.3 Å². The molecule has 112 valence electrons. The molecule has 3 nitrogen and oxygen atoms in total. The van der Waals surface area contributed by atoms with Crippen molar-refractivity contribution in [1.82, 2.24) is 0 Å². The molecule has 2 rings (SSSR count). The molecule has 1 amide bonds. The Bertz CT molecular complexity index is 779. The number of hydrogen-bond donors (Lipinski definition) is 1. The van der Waals surface area contributed by atoms with Gasteiger partial charge in [-0.2, -0.15) is 5.26 Å². The van der Waals surface area contributed by atoms with Crippen LogP contribution in [0.5, 0.6) is 0 Å². The fraction of sp³-hybridized carbons (Fsp3) is 0.176. The average Bonchev–Trinajstić information content (AvgIpc) is 2.50. The summed E-state index contributed by atoms with van der Waals surface area (Å²) in [5, 5.41) is 11.2. The van der Waals surface area contributed by atoms with E-state index in [1.54, 1.807) is 13.0 Å². The SMILES string of the molecule is CCc1cc(F)cc(NC(=O)c2ccc(C#N)cc2F)c1C. The summed E-state index contributed by atoms with van der Waals surface area (Å²) in [6, 6.07) is 7.99. The van der Waals surface area contributed by atoms with Crippen LogP contribution in [0.1, 0.15) is 34.0 Å². The molecule has 0 aliphatic rings. The van der Waals surface area contributed by atoms with Crippen LogP contribution < -0.4 is 5.32 Å². The second-order valence-electron chi connectivity index (χ2n) is 4.85. The van der Waals surface area contributed by atoms with Gasteiger partial charge in [-0.05, 0) is 54.8 Å². The van der Waals surface area contributed by atoms with E-state index in [-0.39, 0.29) is 11.1 Å². The molecule has 1 N–H and O–H groups in total. The van der Waals surface area contributed by atoms with E-state index in [0.717, 1.165) is 17.2 Å². The Morgan fingerprint density at radius 3 is 2.59 bits per heavy atom. The van der Waals surface area contributed by atoms with Crippen LogP contribution in [0.25, 0.3) is 0 Å². The van der Waals surface area contributed by atoms with E-state index in [0.29, 0.717) is 12.1 Å². The van der Waals surface area contributed by atoms with Gasteiger partial charge in [-0.3, -0.25) is 4.79 Å². The van der Waals surface area contributed by atoms with Crippen molar-refractivity contribution in [1.29, 1.82) is 5.26 Å². The summed E-state index contributed by atoms with van der Waals surface area (Å²) in [5.41, 5.74) is 1.76. The van der Waals surface area contributed by atoms with Gasteiger partial charge in [0.05, 0.1) is 17.2 Å². The van der Waals surface area contributed by atoms with Gasteiger partial charge in [0.1, 0.15) is 11.6 Å². The number of rotatable bonds is 3. The van der Waals surface area contributed by atoms with Gasteiger partial charge in [0.2, 0.25) is 0 Å². The van der Waals surface area contributed by atoms with Crippen LogP contribution in [0.15, 0.2) is 30.3 Å². The van der Waals surface area contributed by atoms with Crippen molar-refractivity contribution in [2.24, 2.45) is 0 Å². The zero-order valence-corrected chi connectivity index (χ0v) is 12.2. The number of nitrogens with one attached hydrogen (secondary N) is 1. The molecule has 0 radical (unpaired) electrons. The minimum absolute atomic E-state index is 0.129. The van der Waals surface area contributed by atoms with Gasteiger partial charge in [-0.1, -0.05) is 6.92 Å². The molecule has 0 spiro atoms. The quantitative estimate of drug-likeness (QED) is 0.932. The minimum atomic E-state index is -0.790. The van der Waals surface area contributed by atoms with E-state index in [4.69, 9.17) is 5.26 Å². The number of nitrogens with zero attached hydrogens (tertiary/aromatic N) is 1. The molecule has 0 aromatic heterocycles. The molecule has 0 aliphatic carbocycles. The molecule has 5 heteroatoms. The van der Waals surface area contributed by atoms with Crippen LogP contribution in [-0.4, -0.2) is 5.91 Å². The van der Waals surface area contributed by atoms with Crippen molar-refractivity contribution in [3.05, 3.63) is 64.2 Å². The average molecular weight is 300 g/mol. The predicted octanol–water partition coefficient (Wildman–Crippen LogP) is 3.96. The first-order chi connectivity index (χ1) is 10.5. The van der Waals surface area contributed by atoms with Crippen LogP contribution >= 0.6 is 0 Å². The number of aryl methyl sites for hydroxylation is 1. The molecule has 0 unspecified atom stereocenters. The molecule has 0 saturated heterocycles. The number of halogens is 2. The van der Waals surface area contributed by atoms with E-state index in [1.807, 2.05) is 6.92 Å². The molecule has 2 aromatic rings. The molecule has 0 bridgehead atoms. The molecule has 0 fully saturated rings. The van der Waals surface area contributed by atoms with Crippen molar-refractivity contribution in [3.63, 3.8) is 0 Å². The summed E-state index contributed by atoms with van der Waals surface area (Å²) < 4.78 is 27.4. The van der Waals surface area contributed by atoms with Crippen LogP contribution in [0.3, 0.4) is 0 Å². The highest BCUT2D eigenvalue weighted by molar-refractivity contribution is 6.05. The molecule has 0 heterocycles. The summed E-state index contributed by atoms with van der Waals surface area (Å²) in [6.07, 6.45) is 0.623. The highest BCUT2D eigenvalue weighted by atomic mass is 19.1. The lowest BCUT2D eigenvalue weighted by atomic mass is 10.0. The van der Waals surface area contributed by atoms with Crippen LogP contribution in [-0.2, 0) is 6.42 Å². The molecule has 0 saturated carbocycles. The zero-order chi connectivity index (χ0) is 16.3. The van der Waals surface area contributed by atoms with Crippen molar-refractivity contribution in [2.45, 2.75) is 20.3 Å². The van der Waals surface area contributed by atoms with Crippen LogP contribution in [0, 0.1) is 29.9 Å². The smallest absolute Gasteiger partial charge is 0.258 e. The van der Waals surface area contributed by atoms with E-state index < -0.39 is 17.5 Å². The number of carbonyl (C=O) groups excluding carboxylic acids is 1. The van der Waals surface area contributed by atoms with Crippen molar-refractivity contribution in [3.8, 4) is 6.07 Å². The first-order valence-corrected chi connectivity index (χ1v) is 6.76. The molecular weight excluding hydrogens is 286 g/mol. The monoisotopic (exact) mass is 300 g/mol. The minimum Gasteiger partial charge on any atom is -0.322 e. The normalized spacial score (nSPS) is 10.1. The highest BCUT2D eigenvalue weighted by Gasteiger charge is 2.15. The number of carbonyl (C=O) groups is 1. The van der Waals surface area contributed by atoms with Crippen molar-refractivity contribution < 1.29 is 13.6 Å². The van der Waals surface area contributed by atoms with Crippen molar-refractivity contribution in [2.75, 3.05) is 5.32 Å². The van der Waals surface area contributed by atoms with E-state index in [9.17, 15) is 13.6 Å². The Balaban J connectivity index is 2.34. The molecule has 22 heavy (non-hydrogen) atoms. The largest absolute Gasteiger partial charge is 0.322 e. The maximum absolute atomic E-state index is 13.8. The molecule has 0 atom stereocenters. The van der Waals surface area contributed by atoms with Crippen LogP contribution in [0.4, 0.5) is 14.5 Å². The number of anilines is 1. The van der Waals surface area contributed by atoms with Gasteiger partial charge in [0.25, 0.3) is 5.91 Å². The summed E-state index contributed by atoms with van der Waals surface area (Å²) in [7, 11) is 0. The number of benzene rings is 2. The lowest BCUT2D eigenvalue weighted by Crippen LogP contribution is -2.15. The van der Waals surface area contributed by atoms with E-state index >= 15 is 0 Å². The summed E-state index contributed by atoms with van der Waals surface area (Å²) in [4.78, 5) is 12.1. The van der Waals surface area contributed by atoms with Crippen LogP contribution in [0.2, 0.25) is 0 Å². The number of hydrogen-bond acceptors (Lipinski definition) is 2. The summed E-state index contributed by atoms with van der Waals surface area (Å²) >= 11 is 0.